The Morgan fingerprint density at radius 1 is 0.897 bits per heavy atom. The van der Waals surface area contributed by atoms with Crippen LogP contribution in [0.25, 0.3) is 11.0 Å². The summed E-state index contributed by atoms with van der Waals surface area (Å²) in [7, 11) is 0. The van der Waals surface area contributed by atoms with Gasteiger partial charge in [0.1, 0.15) is 16.0 Å². The molecular formula is C17H12Br2O10. The van der Waals surface area contributed by atoms with Crippen LogP contribution >= 0.6 is 31.9 Å². The van der Waals surface area contributed by atoms with Crippen molar-refractivity contribution in [3.8, 4) is 34.5 Å². The summed E-state index contributed by atoms with van der Waals surface area (Å²) in [6.45, 7) is 0.817. The Morgan fingerprint density at radius 2 is 1.45 bits per heavy atom. The number of phenolic OH excluding ortho intramolecular Hbond substituents is 6. The second-order valence-electron chi connectivity index (χ2n) is 6.17. The maximum absolute atomic E-state index is 13.2. The van der Waals surface area contributed by atoms with Gasteiger partial charge in [-0.25, -0.2) is 0 Å². The van der Waals surface area contributed by atoms with Gasteiger partial charge < -0.3 is 45.3 Å². The molecule has 0 aliphatic carbocycles. The van der Waals surface area contributed by atoms with Gasteiger partial charge in [-0.15, -0.1) is 0 Å². The maximum Gasteiger partial charge on any atom is 0.221 e. The fourth-order valence-electron chi connectivity index (χ4n) is 2.73. The van der Waals surface area contributed by atoms with Crippen molar-refractivity contribution in [1.82, 2.24) is 0 Å². The molecule has 0 aliphatic heterocycles. The highest BCUT2D eigenvalue weighted by Gasteiger charge is 2.38. The van der Waals surface area contributed by atoms with Crippen LogP contribution in [0, 0.1) is 0 Å². The Balaban J connectivity index is 2.48. The van der Waals surface area contributed by atoms with Crippen molar-refractivity contribution >= 4 is 48.6 Å². The van der Waals surface area contributed by atoms with E-state index in [1.165, 1.54) is 0 Å². The number of fused-ring (bicyclic) bond motifs is 1. The number of carbonyl (C=O) groups excluding carboxylic acids is 1. The van der Waals surface area contributed by atoms with Crippen LogP contribution in [0.15, 0.2) is 19.4 Å². The molecule has 0 bridgehead atoms. The number of hydrogen-bond acceptors (Lipinski definition) is 10. The van der Waals surface area contributed by atoms with Crippen LogP contribution in [-0.2, 0) is 5.79 Å². The van der Waals surface area contributed by atoms with E-state index < -0.39 is 73.9 Å². The van der Waals surface area contributed by atoms with E-state index in [0.29, 0.717) is 0 Å². The van der Waals surface area contributed by atoms with Gasteiger partial charge >= 0.3 is 0 Å². The van der Waals surface area contributed by atoms with Gasteiger partial charge in [0.15, 0.2) is 17.1 Å². The summed E-state index contributed by atoms with van der Waals surface area (Å²) in [4.78, 5) is 13.2. The molecule has 0 atom stereocenters. The Bertz CT molecular complexity index is 1190. The molecule has 12 heteroatoms. The topological polar surface area (TPSA) is 192 Å². The summed E-state index contributed by atoms with van der Waals surface area (Å²) in [5.74, 6) is -10.5. The second kappa shape index (κ2) is 6.69. The number of aromatic hydroxyl groups is 6. The number of phenols is 6. The molecule has 154 valence electrons. The van der Waals surface area contributed by atoms with E-state index in [-0.39, 0.29) is 8.95 Å². The van der Waals surface area contributed by atoms with Gasteiger partial charge in [0.25, 0.3) is 0 Å². The van der Waals surface area contributed by atoms with Gasteiger partial charge in [-0.1, -0.05) is 0 Å². The average Bonchev–Trinajstić information content (AvgIpc) is 3.06. The molecule has 3 aromatic rings. The number of benzene rings is 2. The summed E-state index contributed by atoms with van der Waals surface area (Å²) in [6.07, 6.45) is 0. The van der Waals surface area contributed by atoms with Crippen molar-refractivity contribution in [3.05, 3.63) is 31.9 Å². The van der Waals surface area contributed by atoms with Crippen molar-refractivity contribution in [2.24, 2.45) is 0 Å². The molecule has 0 saturated carbocycles. The number of aliphatic hydroxyl groups is 2. The van der Waals surface area contributed by atoms with Gasteiger partial charge in [0.2, 0.25) is 28.8 Å². The van der Waals surface area contributed by atoms with Crippen LogP contribution in [0.5, 0.6) is 34.5 Å². The van der Waals surface area contributed by atoms with Crippen LogP contribution in [-0.4, -0.2) is 46.6 Å². The molecule has 0 spiro atoms. The minimum Gasteiger partial charge on any atom is -0.506 e. The van der Waals surface area contributed by atoms with Crippen LogP contribution in [0.3, 0.4) is 0 Å². The molecular weight excluding hydrogens is 524 g/mol. The largest absolute Gasteiger partial charge is 0.506 e. The molecule has 0 unspecified atom stereocenters. The van der Waals surface area contributed by atoms with Gasteiger partial charge in [0.05, 0.1) is 21.0 Å². The lowest BCUT2D eigenvalue weighted by Crippen LogP contribution is -2.22. The zero-order valence-corrected chi connectivity index (χ0v) is 17.4. The van der Waals surface area contributed by atoms with E-state index in [1.54, 1.807) is 0 Å². The smallest absolute Gasteiger partial charge is 0.221 e. The predicted molar refractivity (Wildman–Crippen MR) is 103 cm³/mol. The summed E-state index contributed by atoms with van der Waals surface area (Å²) >= 11 is 5.89. The quantitative estimate of drug-likeness (QED) is 0.107. The van der Waals surface area contributed by atoms with Crippen molar-refractivity contribution in [2.75, 3.05) is 0 Å². The normalized spacial score (nSPS) is 11.9. The summed E-state index contributed by atoms with van der Waals surface area (Å²) in [5.41, 5.74) is -1.92. The standard InChI is InChI=1S/C17H12Br2O10/c1-17(27,28)16-6(5-11(23)12(24)13(25)14(26)15(5)29-16)8(20)3-2-4(18)10(22)7(19)9(3)21/h2,21-28H,1H3. The molecule has 0 aliphatic rings. The van der Waals surface area contributed by atoms with Gasteiger partial charge in [-0.05, 0) is 44.8 Å². The molecule has 8 N–H and O–H groups in total. The zero-order chi connectivity index (χ0) is 22.0. The number of furan rings is 1. The van der Waals surface area contributed by atoms with Crippen LogP contribution in [0.4, 0.5) is 0 Å². The minimum absolute atomic E-state index is 0.0109. The van der Waals surface area contributed by atoms with E-state index in [2.05, 4.69) is 31.9 Å². The van der Waals surface area contributed by atoms with Crippen molar-refractivity contribution in [2.45, 2.75) is 12.7 Å². The lowest BCUT2D eigenvalue weighted by molar-refractivity contribution is -0.165. The Hall–Kier alpha value is -2.67. The molecule has 2 aromatic carbocycles. The Labute approximate surface area is 177 Å². The summed E-state index contributed by atoms with van der Waals surface area (Å²) in [6, 6.07) is 1.02. The van der Waals surface area contributed by atoms with E-state index in [9.17, 15) is 45.6 Å². The molecule has 3 rings (SSSR count). The van der Waals surface area contributed by atoms with Crippen LogP contribution < -0.4 is 0 Å². The van der Waals surface area contributed by atoms with Crippen molar-refractivity contribution in [3.63, 3.8) is 0 Å². The molecule has 0 radical (unpaired) electrons. The first-order valence-corrected chi connectivity index (χ1v) is 9.19. The number of halogens is 2. The summed E-state index contributed by atoms with van der Waals surface area (Å²) in [5, 5.41) is 79.2. The van der Waals surface area contributed by atoms with E-state index in [0.717, 1.165) is 13.0 Å². The molecule has 1 heterocycles. The Kier molecular flexibility index (Phi) is 4.86. The number of hydrogen-bond donors (Lipinski definition) is 8. The first-order chi connectivity index (χ1) is 13.3. The lowest BCUT2D eigenvalue weighted by Gasteiger charge is -2.15. The molecule has 0 saturated heterocycles. The second-order valence-corrected chi connectivity index (χ2v) is 7.82. The van der Waals surface area contributed by atoms with Crippen molar-refractivity contribution < 1.29 is 50.1 Å². The maximum atomic E-state index is 13.2. The number of rotatable bonds is 3. The van der Waals surface area contributed by atoms with E-state index in [4.69, 9.17) is 4.42 Å². The highest BCUT2D eigenvalue weighted by atomic mass is 79.9. The highest BCUT2D eigenvalue weighted by molar-refractivity contribution is 9.11. The van der Waals surface area contributed by atoms with Gasteiger partial charge in [-0.3, -0.25) is 4.79 Å². The predicted octanol–water partition coefficient (Wildman–Crippen LogP) is 2.58. The molecule has 29 heavy (non-hydrogen) atoms. The molecule has 10 nitrogen and oxygen atoms in total. The first-order valence-electron chi connectivity index (χ1n) is 7.61. The zero-order valence-electron chi connectivity index (χ0n) is 14.2. The first kappa shape index (κ1) is 21.0. The monoisotopic (exact) mass is 534 g/mol. The summed E-state index contributed by atoms with van der Waals surface area (Å²) < 4.78 is 4.85. The van der Waals surface area contributed by atoms with Gasteiger partial charge in [-0.2, -0.15) is 0 Å². The fraction of sp³-hybridized carbons (Fsp3) is 0.118. The third-order valence-electron chi connectivity index (χ3n) is 4.10. The number of ketones is 1. The fourth-order valence-corrected chi connectivity index (χ4v) is 3.85. The molecule has 0 amide bonds. The Morgan fingerprint density at radius 3 is 2.00 bits per heavy atom. The average molecular weight is 536 g/mol. The SMILES string of the molecule is CC(O)(O)c1oc2c(O)c(O)c(O)c(O)c2c1C(=O)c1cc(Br)c(O)c(Br)c1O. The molecule has 0 fully saturated rings. The van der Waals surface area contributed by atoms with Gasteiger partial charge in [0, 0.05) is 0 Å². The molecule has 1 aromatic heterocycles. The minimum atomic E-state index is -2.81. The van der Waals surface area contributed by atoms with Crippen LogP contribution in [0.1, 0.15) is 28.6 Å². The van der Waals surface area contributed by atoms with E-state index >= 15 is 0 Å². The third-order valence-corrected chi connectivity index (χ3v) is 5.46. The van der Waals surface area contributed by atoms with Crippen molar-refractivity contribution in [1.29, 1.82) is 0 Å². The highest BCUT2D eigenvalue weighted by Crippen LogP contribution is 2.53. The number of carbonyl (C=O) groups is 1. The van der Waals surface area contributed by atoms with Crippen LogP contribution in [0.2, 0.25) is 0 Å². The lowest BCUT2D eigenvalue weighted by atomic mass is 9.96. The third kappa shape index (κ3) is 3.04. The van der Waals surface area contributed by atoms with E-state index in [1.807, 2.05) is 0 Å².